The lowest BCUT2D eigenvalue weighted by Crippen LogP contribution is -2.02. The van der Waals surface area contributed by atoms with Gasteiger partial charge in [-0.15, -0.1) is 0 Å². The molecule has 0 aliphatic carbocycles. The highest BCUT2D eigenvalue weighted by Gasteiger charge is 2.13. The smallest absolute Gasteiger partial charge is 0.175 e. The minimum absolute atomic E-state index is 0.339. The topological polar surface area (TPSA) is 30.2 Å². The van der Waals surface area contributed by atoms with Crippen LogP contribution in [0.2, 0.25) is 5.15 Å². The molecular weight excluding hydrogens is 302 g/mol. The maximum atomic E-state index is 6.13. The Morgan fingerprint density at radius 2 is 2.00 bits per heavy atom. The predicted molar refractivity (Wildman–Crippen MR) is 88.1 cm³/mol. The summed E-state index contributed by atoms with van der Waals surface area (Å²) in [6, 6.07) is 12.2. The zero-order chi connectivity index (χ0) is 14.8. The maximum absolute atomic E-state index is 6.13. The quantitative estimate of drug-likeness (QED) is 0.393. The van der Waals surface area contributed by atoms with Crippen LogP contribution < -0.4 is 0 Å². The van der Waals surface area contributed by atoms with E-state index in [-0.39, 0.29) is 0 Å². The van der Waals surface area contributed by atoms with Gasteiger partial charge in [0.05, 0.1) is 11.7 Å². The van der Waals surface area contributed by atoms with E-state index in [0.717, 1.165) is 22.3 Å². The van der Waals surface area contributed by atoms with Gasteiger partial charge in [0.25, 0.3) is 0 Å². The third kappa shape index (κ3) is 3.06. The summed E-state index contributed by atoms with van der Waals surface area (Å²) in [5.41, 5.74) is 2.26. The molecule has 5 heteroatoms. The van der Waals surface area contributed by atoms with Crippen molar-refractivity contribution in [2.75, 3.05) is 0 Å². The summed E-state index contributed by atoms with van der Waals surface area (Å²) in [6.07, 6.45) is 1.86. The normalized spacial score (nSPS) is 11.4. The molecule has 0 amide bonds. The predicted octanol–water partition coefficient (Wildman–Crippen LogP) is 4.80. The van der Waals surface area contributed by atoms with Gasteiger partial charge in [-0.05, 0) is 5.56 Å². The standard InChI is InChI=1S/C16H16ClN3S/c1-11(2)15-18-9-13-8-14(17)19-16(20(13)15)21-10-12-6-4-3-5-7-12/h3-9,11H,10H2,1-2H3. The second kappa shape index (κ2) is 6.08. The Morgan fingerprint density at radius 1 is 1.24 bits per heavy atom. The number of rotatable bonds is 4. The van der Waals surface area contributed by atoms with E-state index in [2.05, 4.69) is 40.3 Å². The van der Waals surface area contributed by atoms with Gasteiger partial charge in [-0.25, -0.2) is 9.97 Å². The Kier molecular flexibility index (Phi) is 4.17. The third-order valence-corrected chi connectivity index (χ3v) is 4.41. The molecule has 2 heterocycles. The molecule has 0 saturated heterocycles. The van der Waals surface area contributed by atoms with Gasteiger partial charge in [-0.3, -0.25) is 4.40 Å². The van der Waals surface area contributed by atoms with Crippen LogP contribution in [0.25, 0.3) is 5.52 Å². The van der Waals surface area contributed by atoms with Crippen LogP contribution in [-0.4, -0.2) is 14.4 Å². The van der Waals surface area contributed by atoms with Crippen molar-refractivity contribution < 1.29 is 0 Å². The van der Waals surface area contributed by atoms with Crippen LogP contribution >= 0.6 is 23.4 Å². The maximum Gasteiger partial charge on any atom is 0.175 e. The van der Waals surface area contributed by atoms with Crippen molar-refractivity contribution in [1.29, 1.82) is 0 Å². The average Bonchev–Trinajstić information content (AvgIpc) is 2.89. The first kappa shape index (κ1) is 14.4. The number of thioether (sulfide) groups is 1. The second-order valence-electron chi connectivity index (χ2n) is 5.17. The highest BCUT2D eigenvalue weighted by molar-refractivity contribution is 7.98. The van der Waals surface area contributed by atoms with Crippen LogP contribution in [0, 0.1) is 0 Å². The van der Waals surface area contributed by atoms with E-state index in [0.29, 0.717) is 11.1 Å². The molecule has 0 bridgehead atoms. The molecule has 21 heavy (non-hydrogen) atoms. The fraction of sp³-hybridized carbons (Fsp3) is 0.250. The summed E-state index contributed by atoms with van der Waals surface area (Å²) in [7, 11) is 0. The SMILES string of the molecule is CC(C)c1ncc2cc(Cl)nc(SCc3ccccc3)n12. The lowest BCUT2D eigenvalue weighted by molar-refractivity contribution is 0.728. The van der Waals surface area contributed by atoms with Gasteiger partial charge in [-0.2, -0.15) is 0 Å². The van der Waals surface area contributed by atoms with Crippen LogP contribution in [0.15, 0.2) is 47.8 Å². The number of nitrogens with zero attached hydrogens (tertiary/aromatic N) is 3. The molecule has 0 aliphatic rings. The molecule has 0 unspecified atom stereocenters. The Labute approximate surface area is 133 Å². The molecule has 0 atom stereocenters. The van der Waals surface area contributed by atoms with Gasteiger partial charge in [0, 0.05) is 17.7 Å². The number of hydrogen-bond donors (Lipinski definition) is 0. The van der Waals surface area contributed by atoms with E-state index in [1.54, 1.807) is 11.8 Å². The van der Waals surface area contributed by atoms with Crippen LogP contribution in [-0.2, 0) is 5.75 Å². The molecule has 108 valence electrons. The molecule has 0 N–H and O–H groups in total. The number of imidazole rings is 1. The molecular formula is C16H16ClN3S. The number of hydrogen-bond acceptors (Lipinski definition) is 3. The average molecular weight is 318 g/mol. The van der Waals surface area contributed by atoms with E-state index in [9.17, 15) is 0 Å². The number of aromatic nitrogens is 3. The monoisotopic (exact) mass is 317 g/mol. The van der Waals surface area contributed by atoms with E-state index < -0.39 is 0 Å². The van der Waals surface area contributed by atoms with Crippen molar-refractivity contribution in [2.24, 2.45) is 0 Å². The van der Waals surface area contributed by atoms with Crippen molar-refractivity contribution in [1.82, 2.24) is 14.4 Å². The van der Waals surface area contributed by atoms with E-state index in [4.69, 9.17) is 11.6 Å². The van der Waals surface area contributed by atoms with Crippen LogP contribution in [0.1, 0.15) is 31.2 Å². The molecule has 0 radical (unpaired) electrons. The zero-order valence-corrected chi connectivity index (χ0v) is 13.5. The third-order valence-electron chi connectivity index (χ3n) is 3.20. The highest BCUT2D eigenvalue weighted by atomic mass is 35.5. The summed E-state index contributed by atoms with van der Waals surface area (Å²) in [6.45, 7) is 4.27. The minimum Gasteiger partial charge on any atom is -0.275 e. The summed E-state index contributed by atoms with van der Waals surface area (Å²) in [5.74, 6) is 2.22. The van der Waals surface area contributed by atoms with Crippen LogP contribution in [0.4, 0.5) is 0 Å². The minimum atomic E-state index is 0.339. The van der Waals surface area contributed by atoms with Crippen molar-refractivity contribution in [3.05, 3.63) is 59.1 Å². The van der Waals surface area contributed by atoms with Crippen LogP contribution in [0.3, 0.4) is 0 Å². The van der Waals surface area contributed by atoms with Crippen molar-refractivity contribution in [3.63, 3.8) is 0 Å². The molecule has 0 spiro atoms. The first-order valence-electron chi connectivity index (χ1n) is 6.86. The molecule has 3 rings (SSSR count). The first-order chi connectivity index (χ1) is 10.1. The number of halogens is 1. The Balaban J connectivity index is 1.98. The van der Waals surface area contributed by atoms with Gasteiger partial charge in [0.15, 0.2) is 5.16 Å². The second-order valence-corrected chi connectivity index (χ2v) is 6.50. The van der Waals surface area contributed by atoms with Gasteiger partial charge in [0.1, 0.15) is 11.0 Å². The van der Waals surface area contributed by atoms with Crippen molar-refractivity contribution in [2.45, 2.75) is 30.7 Å². The summed E-state index contributed by atoms with van der Waals surface area (Å²) >= 11 is 7.81. The molecule has 0 aliphatic heterocycles. The Morgan fingerprint density at radius 3 is 2.71 bits per heavy atom. The number of benzene rings is 1. The van der Waals surface area contributed by atoms with Crippen molar-refractivity contribution >= 4 is 28.9 Å². The van der Waals surface area contributed by atoms with Gasteiger partial charge < -0.3 is 0 Å². The van der Waals surface area contributed by atoms with Crippen molar-refractivity contribution in [3.8, 4) is 0 Å². The first-order valence-corrected chi connectivity index (χ1v) is 8.22. The molecule has 3 nitrogen and oxygen atoms in total. The molecule has 0 saturated carbocycles. The molecule has 3 aromatic rings. The molecule has 2 aromatic heterocycles. The number of fused-ring (bicyclic) bond motifs is 1. The van der Waals surface area contributed by atoms with Gasteiger partial charge >= 0.3 is 0 Å². The fourth-order valence-electron chi connectivity index (χ4n) is 2.21. The summed E-state index contributed by atoms with van der Waals surface area (Å²) in [4.78, 5) is 8.99. The summed E-state index contributed by atoms with van der Waals surface area (Å²) in [5, 5.41) is 1.40. The van der Waals surface area contributed by atoms with E-state index in [1.807, 2.05) is 30.5 Å². The van der Waals surface area contributed by atoms with E-state index in [1.165, 1.54) is 5.56 Å². The Hall–Kier alpha value is -1.52. The Bertz CT molecular complexity index is 753. The molecule has 1 aromatic carbocycles. The zero-order valence-electron chi connectivity index (χ0n) is 12.0. The molecule has 0 fully saturated rings. The van der Waals surface area contributed by atoms with Crippen LogP contribution in [0.5, 0.6) is 0 Å². The summed E-state index contributed by atoms with van der Waals surface area (Å²) < 4.78 is 2.10. The van der Waals surface area contributed by atoms with Gasteiger partial charge in [-0.1, -0.05) is 67.5 Å². The lowest BCUT2D eigenvalue weighted by atomic mass is 10.2. The van der Waals surface area contributed by atoms with Gasteiger partial charge in [0.2, 0.25) is 0 Å². The lowest BCUT2D eigenvalue weighted by Gasteiger charge is -2.10. The largest absolute Gasteiger partial charge is 0.275 e. The van der Waals surface area contributed by atoms with E-state index >= 15 is 0 Å². The highest BCUT2D eigenvalue weighted by Crippen LogP contribution is 2.27. The fourth-order valence-corrected chi connectivity index (χ4v) is 3.43.